The molecule has 0 unspecified atom stereocenters. The maximum absolute atomic E-state index is 6.30. The molecule has 5 heteroatoms. The number of para-hydroxylation sites is 4. The maximum Gasteiger partial charge on any atom is 0.231 e. The molecule has 11 rings (SSSR count). The highest BCUT2D eigenvalue weighted by atomic mass is 16.3. The number of nitrogens with zero attached hydrogens (tertiary/aromatic N) is 4. The summed E-state index contributed by atoms with van der Waals surface area (Å²) in [5.74, 6) is 0.628. The predicted octanol–water partition coefficient (Wildman–Crippen LogP) is 11.9. The number of aromatic nitrogens is 4. The zero-order valence-corrected chi connectivity index (χ0v) is 27.4. The molecule has 0 spiro atoms. The Morgan fingerprint density at radius 1 is 0.392 bits per heavy atom. The summed E-state index contributed by atoms with van der Waals surface area (Å²) in [5, 5.41) is 6.88. The average molecular weight is 653 g/mol. The molecule has 0 saturated carbocycles. The predicted molar refractivity (Wildman–Crippen MR) is 209 cm³/mol. The van der Waals surface area contributed by atoms with Crippen LogP contribution in [0.4, 0.5) is 0 Å². The lowest BCUT2D eigenvalue weighted by molar-refractivity contribution is 0.653. The zero-order valence-electron chi connectivity index (χ0n) is 27.4. The van der Waals surface area contributed by atoms with Crippen molar-refractivity contribution >= 4 is 65.7 Å². The number of hydrogen-bond acceptors (Lipinski definition) is 3. The van der Waals surface area contributed by atoms with Crippen LogP contribution in [0.25, 0.3) is 99.7 Å². The van der Waals surface area contributed by atoms with E-state index in [0.29, 0.717) is 11.5 Å². The third-order valence-electron chi connectivity index (χ3n) is 10.2. The van der Waals surface area contributed by atoms with Gasteiger partial charge in [0.15, 0.2) is 5.82 Å². The third-order valence-corrected chi connectivity index (χ3v) is 10.2. The minimum Gasteiger partial charge on any atom is -0.438 e. The van der Waals surface area contributed by atoms with Gasteiger partial charge in [-0.15, -0.1) is 0 Å². The van der Waals surface area contributed by atoms with Crippen LogP contribution in [0.15, 0.2) is 174 Å². The summed E-state index contributed by atoms with van der Waals surface area (Å²) in [4.78, 5) is 10.1. The van der Waals surface area contributed by atoms with Gasteiger partial charge in [-0.3, -0.25) is 0 Å². The molecule has 0 bridgehead atoms. The lowest BCUT2D eigenvalue weighted by Gasteiger charge is -2.11. The van der Waals surface area contributed by atoms with Crippen LogP contribution in [0, 0.1) is 0 Å². The number of hydrogen-bond donors (Lipinski definition) is 0. The molecule has 4 aromatic heterocycles. The number of fused-ring (bicyclic) bond motifs is 9. The van der Waals surface area contributed by atoms with E-state index in [2.05, 4.69) is 143 Å². The highest BCUT2D eigenvalue weighted by Gasteiger charge is 2.20. The molecule has 0 saturated heterocycles. The fourth-order valence-electron chi connectivity index (χ4n) is 7.88. The Bertz CT molecular complexity index is 3120. The monoisotopic (exact) mass is 652 g/mol. The van der Waals surface area contributed by atoms with E-state index in [9.17, 15) is 0 Å². The second-order valence-corrected chi connectivity index (χ2v) is 13.0. The van der Waals surface area contributed by atoms with Crippen LogP contribution in [-0.4, -0.2) is 19.1 Å². The second-order valence-electron chi connectivity index (χ2n) is 13.0. The largest absolute Gasteiger partial charge is 0.438 e. The molecule has 5 nitrogen and oxygen atoms in total. The maximum atomic E-state index is 6.30. The van der Waals surface area contributed by atoms with Gasteiger partial charge in [-0.05, 0) is 66.7 Å². The Labute approximate surface area is 292 Å². The van der Waals surface area contributed by atoms with E-state index < -0.39 is 0 Å². The minimum atomic E-state index is 0.587. The summed E-state index contributed by atoms with van der Waals surface area (Å²) >= 11 is 0. The molecule has 4 heterocycles. The Morgan fingerprint density at radius 2 is 0.941 bits per heavy atom. The minimum absolute atomic E-state index is 0.587. The SMILES string of the molecule is c1ccc(-c2nc(-c3ccc(-n4c5ccccc5c5cc6c7ccccc7n(-c7ccccc7)c6cc54)cc3)nc3oc4ccccc4c23)cc1. The van der Waals surface area contributed by atoms with Gasteiger partial charge in [0.05, 0.1) is 33.1 Å². The summed E-state index contributed by atoms with van der Waals surface area (Å²) in [5.41, 5.74) is 11.1. The van der Waals surface area contributed by atoms with Crippen molar-refractivity contribution in [2.75, 3.05) is 0 Å². The molecule has 51 heavy (non-hydrogen) atoms. The fraction of sp³-hybridized carbons (Fsp3) is 0. The van der Waals surface area contributed by atoms with Crippen LogP contribution < -0.4 is 0 Å². The van der Waals surface area contributed by atoms with Crippen molar-refractivity contribution in [3.8, 4) is 34.0 Å². The van der Waals surface area contributed by atoms with Gasteiger partial charge in [-0.25, -0.2) is 4.98 Å². The van der Waals surface area contributed by atoms with Gasteiger partial charge in [-0.1, -0.05) is 103 Å². The van der Waals surface area contributed by atoms with Crippen LogP contribution in [0.5, 0.6) is 0 Å². The summed E-state index contributed by atoms with van der Waals surface area (Å²) in [6.07, 6.45) is 0. The molecule has 7 aromatic carbocycles. The van der Waals surface area contributed by atoms with E-state index in [0.717, 1.165) is 55.6 Å². The molecule has 0 amide bonds. The molecule has 0 aliphatic carbocycles. The van der Waals surface area contributed by atoms with E-state index in [4.69, 9.17) is 14.4 Å². The van der Waals surface area contributed by atoms with E-state index in [-0.39, 0.29) is 0 Å². The van der Waals surface area contributed by atoms with Crippen molar-refractivity contribution in [3.63, 3.8) is 0 Å². The number of furan rings is 1. The first-order valence-electron chi connectivity index (χ1n) is 17.2. The summed E-state index contributed by atoms with van der Waals surface area (Å²) < 4.78 is 11.1. The molecule has 0 atom stereocenters. The molecule has 11 aromatic rings. The van der Waals surface area contributed by atoms with Crippen LogP contribution in [0.3, 0.4) is 0 Å². The Morgan fingerprint density at radius 3 is 1.61 bits per heavy atom. The van der Waals surface area contributed by atoms with Crippen molar-refractivity contribution in [3.05, 3.63) is 170 Å². The third kappa shape index (κ3) is 4.15. The van der Waals surface area contributed by atoms with Gasteiger partial charge >= 0.3 is 0 Å². The van der Waals surface area contributed by atoms with Crippen molar-refractivity contribution in [1.29, 1.82) is 0 Å². The molecular formula is C46H28N4O. The van der Waals surface area contributed by atoms with Gasteiger partial charge in [0.25, 0.3) is 0 Å². The Balaban J connectivity index is 1.12. The van der Waals surface area contributed by atoms with Crippen molar-refractivity contribution in [2.24, 2.45) is 0 Å². The summed E-state index contributed by atoms with van der Waals surface area (Å²) in [6, 6.07) is 59.7. The smallest absolute Gasteiger partial charge is 0.231 e. The van der Waals surface area contributed by atoms with Crippen molar-refractivity contribution in [2.45, 2.75) is 0 Å². The molecule has 0 radical (unpaired) electrons. The van der Waals surface area contributed by atoms with E-state index in [1.54, 1.807) is 0 Å². The van der Waals surface area contributed by atoms with Crippen LogP contribution in [0.2, 0.25) is 0 Å². The van der Waals surface area contributed by atoms with E-state index in [1.807, 2.05) is 36.4 Å². The zero-order chi connectivity index (χ0) is 33.5. The molecular weight excluding hydrogens is 625 g/mol. The van der Waals surface area contributed by atoms with Crippen molar-refractivity contribution < 1.29 is 4.42 Å². The number of benzene rings is 7. The highest BCUT2D eigenvalue weighted by molar-refractivity contribution is 6.19. The van der Waals surface area contributed by atoms with E-state index in [1.165, 1.54) is 32.6 Å². The first-order chi connectivity index (χ1) is 25.3. The lowest BCUT2D eigenvalue weighted by Crippen LogP contribution is -1.97. The van der Waals surface area contributed by atoms with Crippen molar-refractivity contribution in [1.82, 2.24) is 19.1 Å². The standard InChI is InChI=1S/C46H28N4O/c1-3-13-29(14-4-1)44-43-35-19-9-12-22-42(35)51-46(43)48-45(47-44)30-23-25-32(26-24-30)50-39-21-11-8-18-34(39)37-27-36-33-17-7-10-20-38(33)49(40(36)28-41(37)50)31-15-5-2-6-16-31/h1-28H. The average Bonchev–Trinajstić information content (AvgIpc) is 3.85. The quantitative estimate of drug-likeness (QED) is 0.190. The van der Waals surface area contributed by atoms with Crippen LogP contribution >= 0.6 is 0 Å². The molecule has 0 aliphatic heterocycles. The highest BCUT2D eigenvalue weighted by Crippen LogP contribution is 2.40. The molecule has 0 N–H and O–H groups in total. The van der Waals surface area contributed by atoms with E-state index >= 15 is 0 Å². The van der Waals surface area contributed by atoms with Gasteiger partial charge in [-0.2, -0.15) is 4.98 Å². The van der Waals surface area contributed by atoms with Gasteiger partial charge < -0.3 is 13.6 Å². The normalized spacial score (nSPS) is 11.9. The first-order valence-corrected chi connectivity index (χ1v) is 17.2. The van der Waals surface area contributed by atoms with Gasteiger partial charge in [0, 0.05) is 49.4 Å². The van der Waals surface area contributed by atoms with Gasteiger partial charge in [0.2, 0.25) is 5.71 Å². The topological polar surface area (TPSA) is 48.8 Å². The number of rotatable bonds is 4. The molecule has 0 fully saturated rings. The molecule has 238 valence electrons. The fourth-order valence-corrected chi connectivity index (χ4v) is 7.88. The summed E-state index contributed by atoms with van der Waals surface area (Å²) in [7, 11) is 0. The van der Waals surface area contributed by atoms with Gasteiger partial charge in [0.1, 0.15) is 5.58 Å². The Kier molecular flexibility index (Phi) is 5.89. The van der Waals surface area contributed by atoms with Crippen LogP contribution in [-0.2, 0) is 0 Å². The lowest BCUT2D eigenvalue weighted by atomic mass is 10.1. The summed E-state index contributed by atoms with van der Waals surface area (Å²) in [6.45, 7) is 0. The second kappa shape index (κ2) is 10.8. The van der Waals surface area contributed by atoms with Crippen LogP contribution in [0.1, 0.15) is 0 Å². The Hall–Kier alpha value is -6.98. The first kappa shape index (κ1) is 27.9. The molecule has 0 aliphatic rings.